The topological polar surface area (TPSA) is 0 Å². The molecule has 0 aliphatic carbocycles. The molecule has 0 aliphatic heterocycles. The van der Waals surface area contributed by atoms with Gasteiger partial charge >= 0.3 is 26.2 Å². The summed E-state index contributed by atoms with van der Waals surface area (Å²) in [7, 11) is 0. The average Bonchev–Trinajstić information content (AvgIpc) is 2.83. The molecule has 0 nitrogen and oxygen atoms in total. The third kappa shape index (κ3) is 4.33. The molecule has 23 heavy (non-hydrogen) atoms. The predicted molar refractivity (Wildman–Crippen MR) is 88.5 cm³/mol. The van der Waals surface area contributed by atoms with Gasteiger partial charge in [0.15, 0.2) is 0 Å². The SMILES string of the molecule is Cc1cccc(C)c1-c1cccc2[cH-]c(C(C)C)cc12.[Cl-].[Cl-].[Zr+3]. The van der Waals surface area contributed by atoms with Crippen LogP contribution in [0.2, 0.25) is 0 Å². The standard InChI is InChI=1S/C20H21.2ClH.Zr/c1-13(2)17-11-16-9-6-10-18(19(16)12-17)20-14(3)7-5-8-15(20)4;;;/h5-13H,1-4H3;2*1H;/q-1;;;+3/p-2. The van der Waals surface area contributed by atoms with E-state index in [1.807, 2.05) is 0 Å². The van der Waals surface area contributed by atoms with E-state index in [9.17, 15) is 0 Å². The van der Waals surface area contributed by atoms with Gasteiger partial charge in [0.05, 0.1) is 0 Å². The summed E-state index contributed by atoms with van der Waals surface area (Å²) in [5.74, 6) is 0.577. The van der Waals surface area contributed by atoms with Gasteiger partial charge in [-0.25, -0.2) is 0 Å². The summed E-state index contributed by atoms with van der Waals surface area (Å²) in [4.78, 5) is 0. The molecule has 1 radical (unpaired) electrons. The second-order valence-electron chi connectivity index (χ2n) is 6.02. The van der Waals surface area contributed by atoms with Crippen LogP contribution >= 0.6 is 0 Å². The fraction of sp³-hybridized carbons (Fsp3) is 0.250. The van der Waals surface area contributed by atoms with Gasteiger partial charge in [0.1, 0.15) is 0 Å². The number of hydrogen-bond acceptors (Lipinski definition) is 0. The van der Waals surface area contributed by atoms with Gasteiger partial charge in [0.25, 0.3) is 0 Å². The molecule has 0 spiro atoms. The molecule has 119 valence electrons. The Kier molecular flexibility index (Phi) is 8.92. The van der Waals surface area contributed by atoms with E-state index >= 15 is 0 Å². The van der Waals surface area contributed by atoms with E-state index in [0.717, 1.165) is 0 Å². The van der Waals surface area contributed by atoms with Crippen LogP contribution in [0.15, 0.2) is 48.5 Å². The number of aryl methyl sites for hydroxylation is 2. The van der Waals surface area contributed by atoms with Crippen molar-refractivity contribution in [2.75, 3.05) is 0 Å². The molecule has 3 aromatic rings. The molecule has 0 fully saturated rings. The third-order valence-electron chi connectivity index (χ3n) is 4.19. The second-order valence-corrected chi connectivity index (χ2v) is 6.02. The molecule has 0 aromatic heterocycles. The number of benzene rings is 2. The Labute approximate surface area is 171 Å². The summed E-state index contributed by atoms with van der Waals surface area (Å²) in [6.07, 6.45) is 0. The van der Waals surface area contributed by atoms with Crippen molar-refractivity contribution in [2.45, 2.75) is 33.6 Å². The van der Waals surface area contributed by atoms with Crippen LogP contribution in [0.4, 0.5) is 0 Å². The van der Waals surface area contributed by atoms with Crippen LogP contribution in [-0.2, 0) is 26.2 Å². The van der Waals surface area contributed by atoms with Crippen molar-refractivity contribution in [3.63, 3.8) is 0 Å². The van der Waals surface area contributed by atoms with Crippen molar-refractivity contribution in [1.29, 1.82) is 0 Å². The van der Waals surface area contributed by atoms with Crippen LogP contribution in [0, 0.1) is 13.8 Å². The molecule has 0 saturated carbocycles. The fourth-order valence-electron chi connectivity index (χ4n) is 3.05. The quantitative estimate of drug-likeness (QED) is 0.508. The zero-order chi connectivity index (χ0) is 14.3. The summed E-state index contributed by atoms with van der Waals surface area (Å²) in [5, 5.41) is 2.74. The van der Waals surface area contributed by atoms with Crippen LogP contribution in [0.1, 0.15) is 36.5 Å². The summed E-state index contributed by atoms with van der Waals surface area (Å²) in [5.41, 5.74) is 6.89. The molecule has 3 heteroatoms. The van der Waals surface area contributed by atoms with Gasteiger partial charge in [-0.15, -0.1) is 34.5 Å². The molecular weight excluding hydrogens is 402 g/mol. The Balaban J connectivity index is 0.00000161. The van der Waals surface area contributed by atoms with Gasteiger partial charge in [-0.05, 0) is 36.5 Å². The van der Waals surface area contributed by atoms with Crippen LogP contribution in [-0.4, -0.2) is 0 Å². The summed E-state index contributed by atoms with van der Waals surface area (Å²) in [6, 6.07) is 17.9. The Bertz CT molecular complexity index is 752. The number of rotatable bonds is 2. The molecule has 3 rings (SSSR count). The summed E-state index contributed by atoms with van der Waals surface area (Å²) in [6.45, 7) is 8.92. The molecule has 0 amide bonds. The van der Waals surface area contributed by atoms with E-state index in [2.05, 4.69) is 76.2 Å². The van der Waals surface area contributed by atoms with Gasteiger partial charge in [0.2, 0.25) is 0 Å². The maximum absolute atomic E-state index is 2.36. The van der Waals surface area contributed by atoms with E-state index in [1.165, 1.54) is 38.6 Å². The van der Waals surface area contributed by atoms with E-state index in [0.29, 0.717) is 5.92 Å². The van der Waals surface area contributed by atoms with Crippen LogP contribution in [0.5, 0.6) is 0 Å². The minimum atomic E-state index is 0. The maximum atomic E-state index is 2.36. The summed E-state index contributed by atoms with van der Waals surface area (Å²) >= 11 is 0. The molecule has 0 aliphatic rings. The first-order valence-electron chi connectivity index (χ1n) is 7.34. The zero-order valence-corrected chi connectivity index (χ0v) is 17.9. The molecule has 0 N–H and O–H groups in total. The molecule has 0 atom stereocenters. The normalized spacial score (nSPS) is 9.96. The first-order valence-corrected chi connectivity index (χ1v) is 7.34. The van der Waals surface area contributed by atoms with E-state index in [1.54, 1.807) is 0 Å². The van der Waals surface area contributed by atoms with Gasteiger partial charge in [-0.2, -0.15) is 6.07 Å². The van der Waals surface area contributed by atoms with Crippen molar-refractivity contribution < 1.29 is 51.0 Å². The fourth-order valence-corrected chi connectivity index (χ4v) is 3.05. The minimum absolute atomic E-state index is 0. The Morgan fingerprint density at radius 1 is 0.870 bits per heavy atom. The van der Waals surface area contributed by atoms with Gasteiger partial charge < -0.3 is 24.8 Å². The largest absolute Gasteiger partial charge is 3.00 e. The zero-order valence-electron chi connectivity index (χ0n) is 14.0. The Hall–Kier alpha value is -0.487. The van der Waals surface area contributed by atoms with Gasteiger partial charge in [-0.3, -0.25) is 0 Å². The molecule has 0 bridgehead atoms. The van der Waals surface area contributed by atoms with Gasteiger partial charge in [0, 0.05) is 0 Å². The maximum Gasteiger partial charge on any atom is 3.00 e. The molecule has 0 heterocycles. The number of fused-ring (bicyclic) bond motifs is 1. The van der Waals surface area contributed by atoms with Crippen LogP contribution in [0.3, 0.4) is 0 Å². The molecular formula is C20H21Cl2Zr. The molecule has 3 aromatic carbocycles. The Morgan fingerprint density at radius 2 is 1.43 bits per heavy atom. The second kappa shape index (κ2) is 9.12. The van der Waals surface area contributed by atoms with Crippen LogP contribution < -0.4 is 24.8 Å². The van der Waals surface area contributed by atoms with E-state index < -0.39 is 0 Å². The number of hydrogen-bond donors (Lipinski definition) is 0. The average molecular weight is 424 g/mol. The van der Waals surface area contributed by atoms with Crippen molar-refractivity contribution in [3.8, 4) is 11.1 Å². The Morgan fingerprint density at radius 3 is 2.00 bits per heavy atom. The van der Waals surface area contributed by atoms with Crippen molar-refractivity contribution in [1.82, 2.24) is 0 Å². The minimum Gasteiger partial charge on any atom is -1.00 e. The van der Waals surface area contributed by atoms with Crippen molar-refractivity contribution in [3.05, 3.63) is 65.2 Å². The number of halogens is 2. The van der Waals surface area contributed by atoms with Crippen molar-refractivity contribution >= 4 is 10.8 Å². The molecule has 0 unspecified atom stereocenters. The first kappa shape index (κ1) is 22.5. The predicted octanol–water partition coefficient (Wildman–Crippen LogP) is -0.0286. The van der Waals surface area contributed by atoms with Crippen LogP contribution in [0.25, 0.3) is 21.9 Å². The first-order chi connectivity index (χ1) is 9.58. The smallest absolute Gasteiger partial charge is 1.00 e. The molecule has 0 saturated heterocycles. The summed E-state index contributed by atoms with van der Waals surface area (Å²) < 4.78 is 0. The monoisotopic (exact) mass is 421 g/mol. The van der Waals surface area contributed by atoms with Gasteiger partial charge in [-0.1, -0.05) is 43.7 Å². The van der Waals surface area contributed by atoms with E-state index in [-0.39, 0.29) is 51.0 Å². The van der Waals surface area contributed by atoms with E-state index in [4.69, 9.17) is 0 Å². The van der Waals surface area contributed by atoms with Crippen molar-refractivity contribution in [2.24, 2.45) is 0 Å². The third-order valence-corrected chi connectivity index (χ3v) is 4.19.